The van der Waals surface area contributed by atoms with Crippen LogP contribution in [-0.2, 0) is 0 Å². The van der Waals surface area contributed by atoms with E-state index in [1.165, 1.54) is 90.7 Å². The molecular formula is C84H44N16S12. The lowest BCUT2D eigenvalue weighted by Gasteiger charge is -1.91. The third kappa shape index (κ3) is 24.1. The van der Waals surface area contributed by atoms with E-state index in [-0.39, 0.29) is 45.3 Å². The first-order valence-corrected chi connectivity index (χ1v) is 41.7. The van der Waals surface area contributed by atoms with Gasteiger partial charge in [0, 0.05) is 117 Å². The summed E-state index contributed by atoms with van der Waals surface area (Å²) in [5.74, 6) is 0. The van der Waals surface area contributed by atoms with Crippen LogP contribution in [0.3, 0.4) is 0 Å². The fourth-order valence-electron chi connectivity index (χ4n) is 8.72. The molecule has 0 spiro atoms. The second kappa shape index (κ2) is 44.5. The molecule has 12 heterocycles. The van der Waals surface area contributed by atoms with E-state index in [1.807, 2.05) is 198 Å². The summed E-state index contributed by atoms with van der Waals surface area (Å²) in [5, 5.41) is 88.6. The zero-order chi connectivity index (χ0) is 80.9. The first-order chi connectivity index (χ1) is 54.6. The summed E-state index contributed by atoms with van der Waals surface area (Å²) >= 11 is 18.9. The van der Waals surface area contributed by atoms with Crippen LogP contribution in [0.1, 0.15) is 66.7 Å². The molecular weight excluding hydrogens is 1620 g/mol. The molecule has 0 saturated heterocycles. The lowest BCUT2D eigenvalue weighted by molar-refractivity contribution is 1.47. The SMILES string of the molecule is CC.CC.N#CC(C#N)=Cc1ccc(-c2ccc(-c3ccc(C=C(C#N)C#N)s3)s2)s1.[C-]#[N+]/C(C#N)=C\c1ccc(-c2ccc(-c3ccc(/C=C(/C#N)[N+]#[C-])s3)s2)s1.[C-]#[N+]/C(C#N)=C\c1ccc(-c2ccc(-c3ccc(/C=C(/C#N)[N+]#[C-])s3)s2)s1.[C-]#[N+]/C(C#N)=C\c1ccc(-c2ccc(-c3ccc(/C=C(/C#N)[N+]#[C-])s3)s2)s1. The van der Waals surface area contributed by atoms with E-state index < -0.39 is 0 Å². The molecule has 28 heteroatoms. The number of hydrogen-bond donors (Lipinski definition) is 0. The predicted octanol–water partition coefficient (Wildman–Crippen LogP) is 28.4. The average molecular weight is 1660 g/mol. The molecule has 0 N–H and O–H groups in total. The largest absolute Gasteiger partial charge is 0.263 e. The maximum atomic E-state index is 8.87. The van der Waals surface area contributed by atoms with E-state index in [2.05, 4.69) is 65.5 Å². The van der Waals surface area contributed by atoms with Crippen LogP contribution < -0.4 is 0 Å². The number of thiophene rings is 12. The highest BCUT2D eigenvalue weighted by Crippen LogP contribution is 2.45. The lowest BCUT2D eigenvalue weighted by Crippen LogP contribution is -1.68. The van der Waals surface area contributed by atoms with Gasteiger partial charge in [0.25, 0.3) is 34.2 Å². The number of allylic oxidation sites excluding steroid dienone is 8. The number of nitrogens with zero attached hydrogens (tertiary/aromatic N) is 16. The summed E-state index contributed by atoms with van der Waals surface area (Å²) in [4.78, 5) is 43.5. The standard InChI is InChI=1S/4C20H8N4S3.2C2H6/c3*1-23-13(11-21)9-15-3-5-17(25-15)19-7-8-20(27-19)18-6-4-16(26-18)10-14(12-22)24-2;21-9-13(10-22)7-15-1-3-17(25-15)19-5-6-20(27-19)18-4-2-16(26-18)8-14(11-23)12-24;2*1-2/h3*3-10H;1-8H;2*1-2H3/b3*13-9-,14-10-;;;. The molecule has 0 saturated carbocycles. The molecule has 0 aliphatic rings. The fraction of sp³-hybridized carbons (Fsp3) is 0.0476. The third-order valence-corrected chi connectivity index (χ3v) is 27.7. The van der Waals surface area contributed by atoms with Crippen molar-refractivity contribution in [1.82, 2.24) is 0 Å². The Bertz CT molecular complexity index is 5170. The van der Waals surface area contributed by atoms with Crippen LogP contribution in [0, 0.1) is 153 Å². The van der Waals surface area contributed by atoms with Crippen molar-refractivity contribution in [2.24, 2.45) is 0 Å². The predicted molar refractivity (Wildman–Crippen MR) is 466 cm³/mol. The molecule has 12 aromatic rings. The summed E-state index contributed by atoms with van der Waals surface area (Å²) in [6.07, 6.45) is 12.7. The summed E-state index contributed by atoms with van der Waals surface area (Å²) in [6, 6.07) is 66.2. The second-order valence-corrected chi connectivity index (χ2v) is 33.6. The monoisotopic (exact) mass is 1660 g/mol. The minimum atomic E-state index is 0.0746. The summed E-state index contributed by atoms with van der Waals surface area (Å²) in [5.41, 5.74) is 0.621. The van der Waals surface area contributed by atoms with Crippen molar-refractivity contribution in [3.63, 3.8) is 0 Å². The van der Waals surface area contributed by atoms with Crippen molar-refractivity contribution >= 4 is 185 Å². The van der Waals surface area contributed by atoms with Crippen LogP contribution in [0.5, 0.6) is 0 Å². The molecule has 0 unspecified atom stereocenters. The minimum Gasteiger partial charge on any atom is -0.227 e. The normalized spacial score (nSPS) is 10.5. The van der Waals surface area contributed by atoms with Gasteiger partial charge >= 0.3 is 0 Å². The van der Waals surface area contributed by atoms with Crippen LogP contribution in [0.25, 0.3) is 156 Å². The minimum absolute atomic E-state index is 0.0746. The molecule has 0 aromatic carbocycles. The van der Waals surface area contributed by atoms with Crippen LogP contribution in [0.2, 0.25) is 0 Å². The Hall–Kier alpha value is -13.8. The van der Waals surface area contributed by atoms with Gasteiger partial charge in [-0.05, 0) is 194 Å². The van der Waals surface area contributed by atoms with Gasteiger partial charge in [0.05, 0.1) is 75.8 Å². The van der Waals surface area contributed by atoms with Gasteiger partial charge < -0.3 is 0 Å². The fourth-order valence-corrected chi connectivity index (χ4v) is 21.0. The molecule has 12 aromatic heterocycles. The van der Waals surface area contributed by atoms with Crippen LogP contribution in [0.4, 0.5) is 0 Å². The molecule has 0 bridgehead atoms. The Morgan fingerprint density at radius 2 is 0.312 bits per heavy atom. The summed E-state index contributed by atoms with van der Waals surface area (Å²) in [6.45, 7) is 49.7. The first kappa shape index (κ1) is 85.4. The molecule has 0 amide bonds. The van der Waals surface area contributed by atoms with Gasteiger partial charge in [0.15, 0.2) is 0 Å². The topological polar surface area (TPSA) is 264 Å². The number of rotatable bonds is 16. The van der Waals surface area contributed by atoms with Gasteiger partial charge in [0.2, 0.25) is 0 Å². The van der Waals surface area contributed by atoms with Crippen molar-refractivity contribution in [2.45, 2.75) is 27.7 Å². The summed E-state index contributed by atoms with van der Waals surface area (Å²) in [7, 11) is 0. The van der Waals surface area contributed by atoms with E-state index in [1.54, 1.807) is 94.0 Å². The van der Waals surface area contributed by atoms with E-state index in [4.69, 9.17) is 92.1 Å². The van der Waals surface area contributed by atoms with E-state index in [0.717, 1.165) is 117 Å². The van der Waals surface area contributed by atoms with Gasteiger partial charge in [-0.25, -0.2) is 60.6 Å². The van der Waals surface area contributed by atoms with Crippen LogP contribution >= 0.6 is 136 Å². The van der Waals surface area contributed by atoms with Crippen LogP contribution in [0.15, 0.2) is 191 Å². The Balaban J connectivity index is 0.000000204. The first-order valence-electron chi connectivity index (χ1n) is 31.9. The Labute approximate surface area is 695 Å². The highest BCUT2D eigenvalue weighted by atomic mass is 32.1. The Morgan fingerprint density at radius 1 is 0.196 bits per heavy atom. The van der Waals surface area contributed by atoms with Gasteiger partial charge in [-0.2, -0.15) is 21.0 Å². The summed E-state index contributed by atoms with van der Waals surface area (Å²) < 4.78 is 0. The molecule has 0 aliphatic carbocycles. The van der Waals surface area contributed by atoms with Crippen molar-refractivity contribution in [3.05, 3.63) is 298 Å². The van der Waals surface area contributed by atoms with Crippen LogP contribution in [-0.4, -0.2) is 0 Å². The second-order valence-electron chi connectivity index (χ2n) is 20.4. The Kier molecular flexibility index (Phi) is 33.9. The number of nitriles is 10. The van der Waals surface area contributed by atoms with Crippen molar-refractivity contribution in [3.8, 4) is 139 Å². The molecule has 16 nitrogen and oxygen atoms in total. The zero-order valence-corrected chi connectivity index (χ0v) is 68.3. The van der Waals surface area contributed by atoms with E-state index >= 15 is 0 Å². The Morgan fingerprint density at radius 3 is 0.429 bits per heavy atom. The lowest BCUT2D eigenvalue weighted by atomic mass is 10.2. The molecule has 112 heavy (non-hydrogen) atoms. The van der Waals surface area contributed by atoms with Gasteiger partial charge in [-0.1, -0.05) is 27.7 Å². The molecule has 0 radical (unpaired) electrons. The zero-order valence-electron chi connectivity index (χ0n) is 58.5. The van der Waals surface area contributed by atoms with Gasteiger partial charge in [0.1, 0.15) is 35.4 Å². The van der Waals surface area contributed by atoms with E-state index in [0.29, 0.717) is 0 Å². The van der Waals surface area contributed by atoms with Crippen molar-refractivity contribution in [2.75, 3.05) is 0 Å². The van der Waals surface area contributed by atoms with Gasteiger partial charge in [-0.15, -0.1) is 136 Å². The molecule has 532 valence electrons. The maximum Gasteiger partial charge on any atom is 0.263 e. The van der Waals surface area contributed by atoms with Gasteiger partial charge in [-0.3, -0.25) is 0 Å². The van der Waals surface area contributed by atoms with E-state index in [9.17, 15) is 0 Å². The smallest absolute Gasteiger partial charge is 0.227 e. The third-order valence-electron chi connectivity index (χ3n) is 13.5. The van der Waals surface area contributed by atoms with Crippen molar-refractivity contribution < 1.29 is 0 Å². The maximum absolute atomic E-state index is 8.87. The molecule has 0 aliphatic heterocycles. The highest BCUT2D eigenvalue weighted by molar-refractivity contribution is 7.29. The quantitative estimate of drug-likeness (QED) is 0.0652. The number of hydrogen-bond acceptors (Lipinski definition) is 22. The highest BCUT2D eigenvalue weighted by Gasteiger charge is 2.16. The molecule has 0 atom stereocenters. The molecule has 12 rings (SSSR count). The molecule has 0 fully saturated rings. The average Bonchev–Trinajstić information content (AvgIpc) is 1.69. The van der Waals surface area contributed by atoms with Crippen molar-refractivity contribution in [1.29, 1.82) is 52.6 Å².